The molecule has 1 N–H and O–H groups in total. The van der Waals surface area contributed by atoms with Crippen LogP contribution in [0.15, 0.2) is 48.0 Å². The van der Waals surface area contributed by atoms with Crippen molar-refractivity contribution in [1.82, 2.24) is 4.90 Å². The second-order valence-corrected chi connectivity index (χ2v) is 9.80. The number of nitrogens with zero attached hydrogens (tertiary/aromatic N) is 1. The first-order chi connectivity index (χ1) is 17.1. The SMILES string of the molecule is CCCOc1cccc(C2/C(=C(\O)c3ccc(OCC)c(C(C)(C)C)c3)C(=O)C(=O)N2CCOC)c1. The molecule has 1 saturated heterocycles. The number of amides is 1. The number of ketones is 1. The Morgan fingerprint density at radius 1 is 1.03 bits per heavy atom. The highest BCUT2D eigenvalue weighted by molar-refractivity contribution is 6.46. The number of methoxy groups -OCH3 is 1. The van der Waals surface area contributed by atoms with Crippen molar-refractivity contribution in [3.8, 4) is 11.5 Å². The minimum atomic E-state index is -0.769. The lowest BCUT2D eigenvalue weighted by atomic mass is 9.84. The second kappa shape index (κ2) is 11.6. The lowest BCUT2D eigenvalue weighted by Crippen LogP contribution is -2.32. The Hall–Kier alpha value is -3.32. The fourth-order valence-corrected chi connectivity index (χ4v) is 4.34. The van der Waals surface area contributed by atoms with Gasteiger partial charge in [-0.05, 0) is 54.7 Å². The molecule has 1 fully saturated rings. The number of ether oxygens (including phenoxy) is 3. The third kappa shape index (κ3) is 5.73. The maximum atomic E-state index is 13.3. The van der Waals surface area contributed by atoms with E-state index in [1.54, 1.807) is 19.2 Å². The van der Waals surface area contributed by atoms with E-state index < -0.39 is 17.7 Å². The van der Waals surface area contributed by atoms with E-state index in [9.17, 15) is 14.7 Å². The van der Waals surface area contributed by atoms with Crippen molar-refractivity contribution in [1.29, 1.82) is 0 Å². The Kier molecular flexibility index (Phi) is 8.79. The molecule has 2 aromatic rings. The van der Waals surface area contributed by atoms with Crippen molar-refractivity contribution in [3.63, 3.8) is 0 Å². The van der Waals surface area contributed by atoms with Crippen molar-refractivity contribution in [2.75, 3.05) is 33.5 Å². The summed E-state index contributed by atoms with van der Waals surface area (Å²) in [6.45, 7) is 11.6. The molecular formula is C29H37NO6. The summed E-state index contributed by atoms with van der Waals surface area (Å²) in [5, 5.41) is 11.5. The van der Waals surface area contributed by atoms with Crippen LogP contribution in [-0.2, 0) is 19.7 Å². The van der Waals surface area contributed by atoms with Crippen LogP contribution in [0.3, 0.4) is 0 Å². The van der Waals surface area contributed by atoms with Gasteiger partial charge in [0.05, 0.1) is 31.4 Å². The third-order valence-electron chi connectivity index (χ3n) is 6.08. The zero-order chi connectivity index (χ0) is 26.5. The van der Waals surface area contributed by atoms with Crippen LogP contribution >= 0.6 is 0 Å². The van der Waals surface area contributed by atoms with Gasteiger partial charge in [-0.2, -0.15) is 0 Å². The number of hydrogen-bond donors (Lipinski definition) is 1. The predicted octanol–water partition coefficient (Wildman–Crippen LogP) is 5.24. The van der Waals surface area contributed by atoms with Gasteiger partial charge in [-0.15, -0.1) is 0 Å². The monoisotopic (exact) mass is 495 g/mol. The molecule has 3 rings (SSSR count). The van der Waals surface area contributed by atoms with Gasteiger partial charge in [0.25, 0.3) is 11.7 Å². The summed E-state index contributed by atoms with van der Waals surface area (Å²) in [5.41, 5.74) is 1.82. The van der Waals surface area contributed by atoms with Gasteiger partial charge in [0.2, 0.25) is 0 Å². The van der Waals surface area contributed by atoms with Crippen LogP contribution in [-0.4, -0.2) is 55.2 Å². The second-order valence-electron chi connectivity index (χ2n) is 9.80. The number of benzene rings is 2. The van der Waals surface area contributed by atoms with E-state index in [1.165, 1.54) is 4.90 Å². The summed E-state index contributed by atoms with van der Waals surface area (Å²) >= 11 is 0. The lowest BCUT2D eigenvalue weighted by molar-refractivity contribution is -0.140. The number of aliphatic hydroxyl groups excluding tert-OH is 1. The minimum absolute atomic E-state index is 0.0489. The fraction of sp³-hybridized carbons (Fsp3) is 0.448. The highest BCUT2D eigenvalue weighted by Gasteiger charge is 2.46. The van der Waals surface area contributed by atoms with E-state index >= 15 is 0 Å². The van der Waals surface area contributed by atoms with E-state index in [0.29, 0.717) is 30.1 Å². The Balaban J connectivity index is 2.18. The van der Waals surface area contributed by atoms with Gasteiger partial charge in [-0.1, -0.05) is 39.8 Å². The molecule has 0 bridgehead atoms. The van der Waals surface area contributed by atoms with Gasteiger partial charge >= 0.3 is 0 Å². The Labute approximate surface area is 213 Å². The van der Waals surface area contributed by atoms with Gasteiger partial charge in [0.15, 0.2) is 0 Å². The predicted molar refractivity (Wildman–Crippen MR) is 139 cm³/mol. The van der Waals surface area contributed by atoms with E-state index in [0.717, 1.165) is 17.7 Å². The van der Waals surface area contributed by atoms with E-state index in [4.69, 9.17) is 14.2 Å². The van der Waals surface area contributed by atoms with Gasteiger partial charge in [0, 0.05) is 24.8 Å². The van der Waals surface area contributed by atoms with Crippen molar-refractivity contribution < 1.29 is 28.9 Å². The number of carbonyl (C=O) groups is 2. The minimum Gasteiger partial charge on any atom is -0.507 e. The van der Waals surface area contributed by atoms with Crippen LogP contribution in [0, 0.1) is 0 Å². The van der Waals surface area contributed by atoms with Gasteiger partial charge in [-0.25, -0.2) is 0 Å². The number of Topliss-reactive ketones (excluding diaryl/α,β-unsaturated/α-hetero) is 1. The average molecular weight is 496 g/mol. The molecule has 1 aliphatic heterocycles. The first-order valence-corrected chi connectivity index (χ1v) is 12.4. The van der Waals surface area contributed by atoms with E-state index in [2.05, 4.69) is 20.8 Å². The van der Waals surface area contributed by atoms with Crippen LogP contribution in [0.2, 0.25) is 0 Å². The average Bonchev–Trinajstić information content (AvgIpc) is 3.10. The molecule has 2 aromatic carbocycles. The molecule has 0 spiro atoms. The van der Waals surface area contributed by atoms with Gasteiger partial charge in [0.1, 0.15) is 17.3 Å². The first-order valence-electron chi connectivity index (χ1n) is 12.4. The normalized spacial score (nSPS) is 17.5. The quantitative estimate of drug-likeness (QED) is 0.276. The number of aliphatic hydroxyl groups is 1. The van der Waals surface area contributed by atoms with Crippen molar-refractivity contribution in [3.05, 3.63) is 64.7 Å². The number of rotatable bonds is 10. The lowest BCUT2D eigenvalue weighted by Gasteiger charge is -2.26. The van der Waals surface area contributed by atoms with Gasteiger partial charge in [-0.3, -0.25) is 9.59 Å². The molecule has 0 saturated carbocycles. The zero-order valence-corrected chi connectivity index (χ0v) is 22.1. The van der Waals surface area contributed by atoms with Crippen molar-refractivity contribution >= 4 is 17.4 Å². The molecule has 194 valence electrons. The Morgan fingerprint density at radius 3 is 2.42 bits per heavy atom. The molecule has 36 heavy (non-hydrogen) atoms. The van der Waals surface area contributed by atoms with Crippen LogP contribution in [0.4, 0.5) is 0 Å². The summed E-state index contributed by atoms with van der Waals surface area (Å²) in [4.78, 5) is 27.8. The highest BCUT2D eigenvalue weighted by Crippen LogP contribution is 2.41. The standard InChI is InChI=1S/C29H37NO6/c1-7-15-36-21-11-9-10-19(17-21)25-24(27(32)28(33)30(25)14-16-34-6)26(31)20-12-13-23(35-8-2)22(18-20)29(3,4)5/h9-13,17-18,25,31H,7-8,14-16H2,1-6H3/b26-24+. The number of hydrogen-bond acceptors (Lipinski definition) is 6. The summed E-state index contributed by atoms with van der Waals surface area (Å²) < 4.78 is 16.8. The maximum absolute atomic E-state index is 13.3. The largest absolute Gasteiger partial charge is 0.507 e. The molecule has 0 aromatic heterocycles. The molecule has 1 amide bonds. The topological polar surface area (TPSA) is 85.3 Å². The zero-order valence-electron chi connectivity index (χ0n) is 22.1. The highest BCUT2D eigenvalue weighted by atomic mass is 16.5. The van der Waals surface area contributed by atoms with E-state index in [1.807, 2.05) is 44.2 Å². The van der Waals surface area contributed by atoms with Crippen LogP contribution in [0.1, 0.15) is 63.8 Å². The molecule has 1 heterocycles. The van der Waals surface area contributed by atoms with Crippen LogP contribution in [0.5, 0.6) is 11.5 Å². The fourth-order valence-electron chi connectivity index (χ4n) is 4.34. The molecule has 7 nitrogen and oxygen atoms in total. The smallest absolute Gasteiger partial charge is 0.295 e. The van der Waals surface area contributed by atoms with Gasteiger partial charge < -0.3 is 24.2 Å². The molecule has 0 radical (unpaired) electrons. The molecule has 7 heteroatoms. The maximum Gasteiger partial charge on any atom is 0.295 e. The molecule has 0 aliphatic carbocycles. The van der Waals surface area contributed by atoms with Crippen molar-refractivity contribution in [2.45, 2.75) is 52.5 Å². The summed E-state index contributed by atoms with van der Waals surface area (Å²) in [6.07, 6.45) is 0.852. The molecule has 1 aliphatic rings. The molecule has 1 unspecified atom stereocenters. The Morgan fingerprint density at radius 2 is 1.78 bits per heavy atom. The summed E-state index contributed by atoms with van der Waals surface area (Å²) in [5.74, 6) is -0.242. The third-order valence-corrected chi connectivity index (χ3v) is 6.08. The van der Waals surface area contributed by atoms with Crippen molar-refractivity contribution in [2.24, 2.45) is 0 Å². The number of likely N-dealkylation sites (tertiary alicyclic amines) is 1. The van der Waals surface area contributed by atoms with E-state index in [-0.39, 0.29) is 29.9 Å². The van der Waals surface area contributed by atoms with Crippen LogP contribution < -0.4 is 9.47 Å². The number of carbonyl (C=O) groups excluding carboxylic acids is 2. The molecule has 1 atom stereocenters. The first kappa shape index (κ1) is 27.3. The Bertz CT molecular complexity index is 1130. The van der Waals surface area contributed by atoms with Crippen LogP contribution in [0.25, 0.3) is 5.76 Å². The summed E-state index contributed by atoms with van der Waals surface area (Å²) in [6, 6.07) is 11.9. The molecular weight excluding hydrogens is 458 g/mol. The summed E-state index contributed by atoms with van der Waals surface area (Å²) in [7, 11) is 1.54.